The number of hydrogen-bond donors (Lipinski definition) is 3. The lowest BCUT2D eigenvalue weighted by Crippen LogP contribution is -2.36. The summed E-state index contributed by atoms with van der Waals surface area (Å²) in [6.45, 7) is 2.65. The zero-order valence-electron chi connectivity index (χ0n) is 11.6. The Balaban J connectivity index is 1.58. The summed E-state index contributed by atoms with van der Waals surface area (Å²) < 4.78 is 5.58. The van der Waals surface area contributed by atoms with E-state index in [4.69, 9.17) is 4.74 Å². The van der Waals surface area contributed by atoms with E-state index in [-0.39, 0.29) is 24.4 Å². The van der Waals surface area contributed by atoms with Crippen LogP contribution in [0.4, 0.5) is 0 Å². The monoisotopic (exact) mass is 278 g/mol. The number of aromatic hydroxyl groups is 1. The van der Waals surface area contributed by atoms with Gasteiger partial charge in [0.15, 0.2) is 0 Å². The molecule has 0 radical (unpaired) electrons. The Labute approximate surface area is 119 Å². The maximum Gasteiger partial charge on any atom is 0.246 e. The molecule has 0 aliphatic carbocycles. The number of phenols is 1. The molecule has 5 nitrogen and oxygen atoms in total. The van der Waals surface area contributed by atoms with E-state index in [1.54, 1.807) is 12.1 Å². The van der Waals surface area contributed by atoms with E-state index in [0.717, 1.165) is 37.9 Å². The number of phenolic OH excluding ortho intramolecular Hbond substituents is 1. The van der Waals surface area contributed by atoms with Crippen molar-refractivity contribution in [2.24, 2.45) is 0 Å². The highest BCUT2D eigenvalue weighted by Crippen LogP contribution is 2.09. The Morgan fingerprint density at radius 2 is 2.00 bits per heavy atom. The van der Waals surface area contributed by atoms with Gasteiger partial charge in [-0.15, -0.1) is 0 Å². The molecule has 0 bridgehead atoms. The molecule has 1 amide bonds. The smallest absolute Gasteiger partial charge is 0.246 e. The van der Waals surface area contributed by atoms with Crippen LogP contribution >= 0.6 is 0 Å². The highest BCUT2D eigenvalue weighted by molar-refractivity contribution is 5.77. The second-order valence-corrected chi connectivity index (χ2v) is 5.03. The molecule has 0 saturated carbocycles. The summed E-state index contributed by atoms with van der Waals surface area (Å²) in [5, 5.41) is 15.3. The van der Waals surface area contributed by atoms with Crippen LogP contribution in [0.5, 0.6) is 5.75 Å². The van der Waals surface area contributed by atoms with Crippen LogP contribution in [0.1, 0.15) is 18.4 Å². The fraction of sp³-hybridized carbons (Fsp3) is 0.533. The SMILES string of the molecule is O=C(COC1CCNCC1)NCCc1ccc(O)cc1. The van der Waals surface area contributed by atoms with Gasteiger partial charge in [0.2, 0.25) is 5.91 Å². The Hall–Kier alpha value is -1.59. The van der Waals surface area contributed by atoms with Gasteiger partial charge in [0.05, 0.1) is 6.10 Å². The molecule has 20 heavy (non-hydrogen) atoms. The van der Waals surface area contributed by atoms with E-state index in [1.807, 2.05) is 12.1 Å². The van der Waals surface area contributed by atoms with Crippen LogP contribution in [0.15, 0.2) is 24.3 Å². The van der Waals surface area contributed by atoms with E-state index in [2.05, 4.69) is 10.6 Å². The third-order valence-corrected chi connectivity index (χ3v) is 3.41. The van der Waals surface area contributed by atoms with Gasteiger partial charge in [-0.3, -0.25) is 4.79 Å². The van der Waals surface area contributed by atoms with Crippen LogP contribution < -0.4 is 10.6 Å². The Bertz CT molecular complexity index is 414. The Morgan fingerprint density at radius 1 is 1.30 bits per heavy atom. The maximum absolute atomic E-state index is 11.6. The number of hydrogen-bond acceptors (Lipinski definition) is 4. The van der Waals surface area contributed by atoms with Crippen LogP contribution in [0.25, 0.3) is 0 Å². The van der Waals surface area contributed by atoms with E-state index in [9.17, 15) is 9.90 Å². The van der Waals surface area contributed by atoms with Crippen molar-refractivity contribution in [1.82, 2.24) is 10.6 Å². The van der Waals surface area contributed by atoms with E-state index in [0.29, 0.717) is 6.54 Å². The maximum atomic E-state index is 11.6. The molecule has 1 saturated heterocycles. The largest absolute Gasteiger partial charge is 0.508 e. The van der Waals surface area contributed by atoms with Gasteiger partial charge in [-0.2, -0.15) is 0 Å². The Morgan fingerprint density at radius 3 is 2.70 bits per heavy atom. The van der Waals surface area contributed by atoms with Crippen molar-refractivity contribution in [3.63, 3.8) is 0 Å². The molecule has 0 spiro atoms. The molecular formula is C15H22N2O3. The first-order valence-corrected chi connectivity index (χ1v) is 7.11. The van der Waals surface area contributed by atoms with Gasteiger partial charge >= 0.3 is 0 Å². The van der Waals surface area contributed by atoms with Crippen LogP contribution in [0.2, 0.25) is 0 Å². The van der Waals surface area contributed by atoms with Crippen molar-refractivity contribution >= 4 is 5.91 Å². The van der Waals surface area contributed by atoms with Crippen molar-refractivity contribution in [1.29, 1.82) is 0 Å². The number of nitrogens with one attached hydrogen (secondary N) is 2. The quantitative estimate of drug-likeness (QED) is 0.720. The van der Waals surface area contributed by atoms with Crippen LogP contribution in [-0.2, 0) is 16.0 Å². The van der Waals surface area contributed by atoms with Gasteiger partial charge in [0, 0.05) is 6.54 Å². The number of piperidine rings is 1. The minimum Gasteiger partial charge on any atom is -0.508 e. The molecule has 1 aliphatic rings. The molecule has 110 valence electrons. The summed E-state index contributed by atoms with van der Waals surface area (Å²) in [5.41, 5.74) is 1.09. The van der Waals surface area contributed by atoms with E-state index < -0.39 is 0 Å². The zero-order chi connectivity index (χ0) is 14.2. The third-order valence-electron chi connectivity index (χ3n) is 3.41. The molecule has 5 heteroatoms. The summed E-state index contributed by atoms with van der Waals surface area (Å²) in [5.74, 6) is 0.190. The van der Waals surface area contributed by atoms with Gasteiger partial charge in [-0.05, 0) is 50.0 Å². The third kappa shape index (κ3) is 5.19. The van der Waals surface area contributed by atoms with Crippen molar-refractivity contribution in [3.8, 4) is 5.75 Å². The lowest BCUT2D eigenvalue weighted by molar-refractivity contribution is -0.128. The lowest BCUT2D eigenvalue weighted by atomic mass is 10.1. The lowest BCUT2D eigenvalue weighted by Gasteiger charge is -2.22. The van der Waals surface area contributed by atoms with Crippen molar-refractivity contribution < 1.29 is 14.6 Å². The van der Waals surface area contributed by atoms with Gasteiger partial charge in [-0.25, -0.2) is 0 Å². The fourth-order valence-electron chi connectivity index (χ4n) is 2.22. The zero-order valence-corrected chi connectivity index (χ0v) is 11.6. The molecule has 1 fully saturated rings. The molecule has 3 N–H and O–H groups in total. The minimum atomic E-state index is -0.0673. The van der Waals surface area contributed by atoms with Crippen molar-refractivity contribution in [2.45, 2.75) is 25.4 Å². The molecule has 0 aromatic heterocycles. The average molecular weight is 278 g/mol. The summed E-state index contributed by atoms with van der Waals surface area (Å²) in [6, 6.07) is 7.01. The van der Waals surface area contributed by atoms with Crippen molar-refractivity contribution in [3.05, 3.63) is 29.8 Å². The fourth-order valence-corrected chi connectivity index (χ4v) is 2.22. The number of ether oxygens (including phenoxy) is 1. The van der Waals surface area contributed by atoms with Crippen molar-refractivity contribution in [2.75, 3.05) is 26.2 Å². The van der Waals surface area contributed by atoms with Gasteiger partial charge < -0.3 is 20.5 Å². The summed E-state index contributed by atoms with van der Waals surface area (Å²) >= 11 is 0. The Kier molecular flexibility index (Phi) is 5.83. The topological polar surface area (TPSA) is 70.6 Å². The van der Waals surface area contributed by atoms with E-state index in [1.165, 1.54) is 0 Å². The molecule has 1 aromatic rings. The number of carbonyl (C=O) groups excluding carboxylic acids is 1. The number of amides is 1. The van der Waals surface area contributed by atoms with Gasteiger partial charge in [0.25, 0.3) is 0 Å². The second-order valence-electron chi connectivity index (χ2n) is 5.03. The van der Waals surface area contributed by atoms with Crippen LogP contribution in [0, 0.1) is 0 Å². The van der Waals surface area contributed by atoms with E-state index >= 15 is 0 Å². The average Bonchev–Trinajstić information content (AvgIpc) is 2.48. The molecule has 0 unspecified atom stereocenters. The summed E-state index contributed by atoms with van der Waals surface area (Å²) in [6.07, 6.45) is 2.90. The van der Waals surface area contributed by atoms with Gasteiger partial charge in [-0.1, -0.05) is 12.1 Å². The highest BCUT2D eigenvalue weighted by Gasteiger charge is 2.14. The molecule has 1 aromatic carbocycles. The number of carbonyl (C=O) groups is 1. The molecular weight excluding hydrogens is 256 g/mol. The summed E-state index contributed by atoms with van der Waals surface area (Å²) in [4.78, 5) is 11.6. The highest BCUT2D eigenvalue weighted by atomic mass is 16.5. The predicted molar refractivity (Wildman–Crippen MR) is 76.7 cm³/mol. The molecule has 1 aliphatic heterocycles. The summed E-state index contributed by atoms with van der Waals surface area (Å²) in [7, 11) is 0. The predicted octanol–water partition coefficient (Wildman–Crippen LogP) is 0.819. The van der Waals surface area contributed by atoms with Gasteiger partial charge in [0.1, 0.15) is 12.4 Å². The molecule has 1 heterocycles. The van der Waals surface area contributed by atoms with Crippen LogP contribution in [-0.4, -0.2) is 43.4 Å². The number of rotatable bonds is 6. The first kappa shape index (κ1) is 14.8. The second kappa shape index (κ2) is 7.87. The normalized spacial score (nSPS) is 16.0. The first-order chi connectivity index (χ1) is 9.74. The standard InChI is InChI=1S/C15H22N2O3/c18-13-3-1-12(2-4-13)5-10-17-15(19)11-20-14-6-8-16-9-7-14/h1-4,14,16,18H,5-11H2,(H,17,19). The number of benzene rings is 1. The van der Waals surface area contributed by atoms with Crippen LogP contribution in [0.3, 0.4) is 0 Å². The minimum absolute atomic E-state index is 0.0673. The molecule has 0 atom stereocenters. The molecule has 2 rings (SSSR count). The first-order valence-electron chi connectivity index (χ1n) is 7.11.